The Morgan fingerprint density at radius 2 is 1.36 bits per heavy atom. The van der Waals surface area contributed by atoms with E-state index in [0.717, 1.165) is 40.1 Å². The minimum absolute atomic E-state index is 0.0748. The van der Waals surface area contributed by atoms with Gasteiger partial charge in [-0.2, -0.15) is 0 Å². The van der Waals surface area contributed by atoms with Crippen LogP contribution in [0.3, 0.4) is 0 Å². The summed E-state index contributed by atoms with van der Waals surface area (Å²) in [4.78, 5) is 53.1. The molecule has 0 fully saturated rings. The first-order valence-electron chi connectivity index (χ1n) is 12.0. The number of carbonyl (C=O) groups excluding carboxylic acids is 4. The van der Waals surface area contributed by atoms with Crippen molar-refractivity contribution in [3.05, 3.63) is 101 Å². The fraction of sp³-hybridized carbons (Fsp3) is 0.241. The van der Waals surface area contributed by atoms with Gasteiger partial charge >= 0.3 is 5.97 Å². The topological polar surface area (TPSA) is 92.8 Å². The molecular weight excluding hydrogens is 456 g/mol. The average molecular weight is 485 g/mol. The Hall–Kier alpha value is -4.26. The molecule has 0 saturated heterocycles. The number of aryl methyl sites for hydroxylation is 2. The molecule has 0 aromatic heterocycles. The number of hydrogen-bond donors (Lipinski definition) is 1. The molecule has 0 spiro atoms. The van der Waals surface area contributed by atoms with Crippen molar-refractivity contribution in [2.24, 2.45) is 0 Å². The van der Waals surface area contributed by atoms with E-state index < -0.39 is 36.3 Å². The van der Waals surface area contributed by atoms with Crippen molar-refractivity contribution in [1.29, 1.82) is 0 Å². The van der Waals surface area contributed by atoms with E-state index in [9.17, 15) is 19.2 Å². The highest BCUT2D eigenvalue weighted by atomic mass is 16.5. The van der Waals surface area contributed by atoms with Gasteiger partial charge in [0.05, 0.1) is 11.1 Å². The van der Waals surface area contributed by atoms with Gasteiger partial charge in [-0.15, -0.1) is 0 Å². The molecule has 1 aliphatic rings. The van der Waals surface area contributed by atoms with Gasteiger partial charge in [0.25, 0.3) is 17.7 Å². The number of nitrogens with one attached hydrogen (secondary N) is 1. The number of rotatable bonds is 9. The number of imide groups is 1. The summed E-state index contributed by atoms with van der Waals surface area (Å²) in [6.45, 7) is 3.47. The molecule has 184 valence electrons. The second-order valence-corrected chi connectivity index (χ2v) is 8.55. The van der Waals surface area contributed by atoms with Crippen molar-refractivity contribution in [2.75, 3.05) is 11.9 Å². The Morgan fingerprint density at radius 3 is 1.92 bits per heavy atom. The third kappa shape index (κ3) is 5.05. The average Bonchev–Trinajstić information content (AvgIpc) is 3.16. The van der Waals surface area contributed by atoms with E-state index in [1.54, 1.807) is 36.4 Å². The van der Waals surface area contributed by atoms with Gasteiger partial charge in [0.15, 0.2) is 6.61 Å². The molecule has 3 aromatic carbocycles. The van der Waals surface area contributed by atoms with Crippen LogP contribution >= 0.6 is 0 Å². The first kappa shape index (κ1) is 24.9. The number of fused-ring (bicyclic) bond motifs is 1. The lowest BCUT2D eigenvalue weighted by Crippen LogP contribution is -2.47. The highest BCUT2D eigenvalue weighted by molar-refractivity contribution is 6.22. The summed E-state index contributed by atoms with van der Waals surface area (Å²) in [5.41, 5.74) is 3.95. The Labute approximate surface area is 210 Å². The van der Waals surface area contributed by atoms with Gasteiger partial charge in [-0.3, -0.25) is 19.3 Å². The van der Waals surface area contributed by atoms with Crippen molar-refractivity contribution in [3.63, 3.8) is 0 Å². The van der Waals surface area contributed by atoms with Crippen LogP contribution < -0.4 is 5.32 Å². The Bertz CT molecular complexity index is 1240. The summed E-state index contributed by atoms with van der Waals surface area (Å²) in [5.74, 6) is -2.41. The lowest BCUT2D eigenvalue weighted by Gasteiger charge is -2.24. The molecule has 0 aliphatic carbocycles. The van der Waals surface area contributed by atoms with Gasteiger partial charge in [0, 0.05) is 12.1 Å². The van der Waals surface area contributed by atoms with E-state index in [4.69, 9.17) is 4.74 Å². The van der Waals surface area contributed by atoms with E-state index in [2.05, 4.69) is 5.32 Å². The SMILES string of the molecule is CCc1cccc(CC)c1NC(=O)COC(=O)[C@@H](Cc1ccccc1)N1C(=O)c2ccccc2C1=O. The van der Waals surface area contributed by atoms with Crippen molar-refractivity contribution >= 4 is 29.4 Å². The predicted molar refractivity (Wildman–Crippen MR) is 136 cm³/mol. The molecule has 0 unspecified atom stereocenters. The highest BCUT2D eigenvalue weighted by Crippen LogP contribution is 2.27. The van der Waals surface area contributed by atoms with Gasteiger partial charge in [0.1, 0.15) is 6.04 Å². The second kappa shape index (κ2) is 11.0. The lowest BCUT2D eigenvalue weighted by molar-refractivity contribution is -0.151. The van der Waals surface area contributed by atoms with Crippen LogP contribution in [-0.2, 0) is 33.6 Å². The van der Waals surface area contributed by atoms with Crippen LogP contribution in [0.25, 0.3) is 0 Å². The minimum atomic E-state index is -1.21. The summed E-state index contributed by atoms with van der Waals surface area (Å²) >= 11 is 0. The number of carbonyl (C=O) groups is 4. The van der Waals surface area contributed by atoms with Gasteiger partial charge in [-0.25, -0.2) is 4.79 Å². The van der Waals surface area contributed by atoms with Crippen molar-refractivity contribution in [2.45, 2.75) is 39.2 Å². The fourth-order valence-corrected chi connectivity index (χ4v) is 4.42. The van der Waals surface area contributed by atoms with Crippen LogP contribution in [0.1, 0.15) is 51.3 Å². The lowest BCUT2D eigenvalue weighted by atomic mass is 10.0. The monoisotopic (exact) mass is 484 g/mol. The molecule has 0 saturated carbocycles. The van der Waals surface area contributed by atoms with Gasteiger partial charge in [-0.1, -0.05) is 74.5 Å². The van der Waals surface area contributed by atoms with Crippen LogP contribution in [-0.4, -0.2) is 41.2 Å². The Balaban J connectivity index is 1.52. The summed E-state index contributed by atoms with van der Waals surface area (Å²) in [6.07, 6.45) is 1.55. The number of anilines is 1. The highest BCUT2D eigenvalue weighted by Gasteiger charge is 2.43. The van der Waals surface area contributed by atoms with Crippen LogP contribution in [0, 0.1) is 0 Å². The summed E-state index contributed by atoms with van der Waals surface area (Å²) in [5, 5.41) is 2.86. The van der Waals surface area contributed by atoms with E-state index in [-0.39, 0.29) is 17.5 Å². The van der Waals surface area contributed by atoms with Gasteiger partial charge in [0.2, 0.25) is 0 Å². The quantitative estimate of drug-likeness (QED) is 0.363. The van der Waals surface area contributed by atoms with Crippen molar-refractivity contribution < 1.29 is 23.9 Å². The van der Waals surface area contributed by atoms with Crippen LogP contribution in [0.15, 0.2) is 72.8 Å². The minimum Gasteiger partial charge on any atom is -0.454 e. The molecule has 1 atom stereocenters. The maximum absolute atomic E-state index is 13.2. The van der Waals surface area contributed by atoms with Gasteiger partial charge < -0.3 is 10.1 Å². The second-order valence-electron chi connectivity index (χ2n) is 8.55. The summed E-state index contributed by atoms with van der Waals surface area (Å²) in [7, 11) is 0. The number of para-hydroxylation sites is 1. The molecule has 1 heterocycles. The predicted octanol–water partition coefficient (Wildman–Crippen LogP) is 4.20. The van der Waals surface area contributed by atoms with E-state index >= 15 is 0 Å². The number of nitrogens with zero attached hydrogens (tertiary/aromatic N) is 1. The molecule has 0 bridgehead atoms. The van der Waals surface area contributed by atoms with Gasteiger partial charge in [-0.05, 0) is 41.7 Å². The molecule has 3 aromatic rings. The van der Waals surface area contributed by atoms with Crippen molar-refractivity contribution in [3.8, 4) is 0 Å². The smallest absolute Gasteiger partial charge is 0.330 e. The number of benzene rings is 3. The van der Waals surface area contributed by atoms with E-state index in [1.165, 1.54) is 0 Å². The standard InChI is InChI=1S/C29H28N2O5/c1-3-20-13-10-14-21(4-2)26(20)30-25(32)18-36-29(35)24(17-19-11-6-5-7-12-19)31-27(33)22-15-8-9-16-23(22)28(31)34/h5-16,24H,3-4,17-18H2,1-2H3,(H,30,32)/t24-/m1/s1. The number of amides is 3. The van der Waals surface area contributed by atoms with E-state index in [1.807, 2.05) is 50.2 Å². The number of ether oxygens (including phenoxy) is 1. The third-order valence-corrected chi connectivity index (χ3v) is 6.29. The summed E-state index contributed by atoms with van der Waals surface area (Å²) < 4.78 is 5.37. The zero-order valence-corrected chi connectivity index (χ0v) is 20.3. The molecule has 4 rings (SSSR count). The van der Waals surface area contributed by atoms with Crippen LogP contribution in [0.4, 0.5) is 5.69 Å². The third-order valence-electron chi connectivity index (χ3n) is 6.29. The number of hydrogen-bond acceptors (Lipinski definition) is 5. The normalized spacial score (nSPS) is 13.3. The summed E-state index contributed by atoms with van der Waals surface area (Å²) in [6, 6.07) is 20.1. The Kier molecular flexibility index (Phi) is 7.59. The zero-order valence-electron chi connectivity index (χ0n) is 20.3. The molecule has 36 heavy (non-hydrogen) atoms. The molecule has 1 aliphatic heterocycles. The van der Waals surface area contributed by atoms with Crippen LogP contribution in [0.2, 0.25) is 0 Å². The van der Waals surface area contributed by atoms with Crippen molar-refractivity contribution in [1.82, 2.24) is 4.90 Å². The Morgan fingerprint density at radius 1 is 0.806 bits per heavy atom. The first-order valence-corrected chi connectivity index (χ1v) is 12.0. The van der Waals surface area contributed by atoms with E-state index in [0.29, 0.717) is 0 Å². The largest absolute Gasteiger partial charge is 0.454 e. The molecule has 1 N–H and O–H groups in total. The zero-order chi connectivity index (χ0) is 25.7. The maximum Gasteiger partial charge on any atom is 0.330 e. The molecule has 7 nitrogen and oxygen atoms in total. The maximum atomic E-state index is 13.2. The molecule has 7 heteroatoms. The molecule has 0 radical (unpaired) electrons. The number of esters is 1. The first-order chi connectivity index (χ1) is 17.4. The molecular formula is C29H28N2O5. The fourth-order valence-electron chi connectivity index (χ4n) is 4.42. The molecule has 3 amide bonds. The van der Waals surface area contributed by atoms with Crippen LogP contribution in [0.5, 0.6) is 0 Å².